The molecule has 2 saturated heterocycles. The summed E-state index contributed by atoms with van der Waals surface area (Å²) < 4.78 is 0. The molecule has 7 heteroatoms. The molecule has 2 aliphatic heterocycles. The van der Waals surface area contributed by atoms with Gasteiger partial charge < -0.3 is 15.1 Å². The Morgan fingerprint density at radius 2 is 1.89 bits per heavy atom. The summed E-state index contributed by atoms with van der Waals surface area (Å²) in [6, 6.07) is 10.6. The van der Waals surface area contributed by atoms with Gasteiger partial charge in [-0.1, -0.05) is 18.2 Å². The molecule has 3 rings (SSSR count). The first-order valence-electron chi connectivity index (χ1n) is 9.67. The molecule has 5 nitrogen and oxygen atoms in total. The van der Waals surface area contributed by atoms with Gasteiger partial charge in [-0.3, -0.25) is 9.79 Å². The van der Waals surface area contributed by atoms with Crippen LogP contribution in [0.2, 0.25) is 0 Å². The van der Waals surface area contributed by atoms with Crippen LogP contribution >= 0.6 is 35.7 Å². The van der Waals surface area contributed by atoms with Crippen molar-refractivity contribution < 1.29 is 4.79 Å². The number of hydrogen-bond donors (Lipinski definition) is 1. The third-order valence-electron chi connectivity index (χ3n) is 5.13. The molecule has 1 unspecified atom stereocenters. The van der Waals surface area contributed by atoms with Crippen LogP contribution in [0.1, 0.15) is 25.7 Å². The molecule has 1 N–H and O–H groups in total. The molecular formula is C20H31IN4OS. The second-order valence-corrected chi connectivity index (χ2v) is 8.16. The Morgan fingerprint density at radius 1 is 1.15 bits per heavy atom. The summed E-state index contributed by atoms with van der Waals surface area (Å²) in [4.78, 5) is 22.3. The van der Waals surface area contributed by atoms with Gasteiger partial charge in [0, 0.05) is 43.9 Å². The maximum atomic E-state index is 12.3. The SMILES string of the molecule is CN=C(NCC(=O)N1CCCCC1)N1CCC(CSc2ccccc2)C1.I. The largest absolute Gasteiger partial charge is 0.347 e. The quantitative estimate of drug-likeness (QED) is 0.291. The number of hydrogen-bond acceptors (Lipinski definition) is 3. The molecule has 27 heavy (non-hydrogen) atoms. The number of aliphatic imine (C=N–C) groups is 1. The van der Waals surface area contributed by atoms with E-state index >= 15 is 0 Å². The number of thioether (sulfide) groups is 1. The summed E-state index contributed by atoms with van der Waals surface area (Å²) in [6.45, 7) is 4.19. The summed E-state index contributed by atoms with van der Waals surface area (Å²) in [7, 11) is 1.81. The standard InChI is InChI=1S/C20H30N4OS.HI/c1-21-20(22-14-19(25)23-11-6-3-7-12-23)24-13-10-17(15-24)16-26-18-8-4-2-5-9-18;/h2,4-5,8-9,17H,3,6-7,10-16H2,1H3,(H,21,22);1H. The van der Waals surface area contributed by atoms with Crippen LogP contribution in [0.25, 0.3) is 0 Å². The number of carbonyl (C=O) groups excluding carboxylic acids is 1. The van der Waals surface area contributed by atoms with Gasteiger partial charge in [-0.2, -0.15) is 0 Å². The van der Waals surface area contributed by atoms with Gasteiger partial charge in [-0.15, -0.1) is 35.7 Å². The lowest BCUT2D eigenvalue weighted by atomic mass is 10.1. The average molecular weight is 502 g/mol. The van der Waals surface area contributed by atoms with E-state index in [9.17, 15) is 4.79 Å². The van der Waals surface area contributed by atoms with Crippen molar-refractivity contribution in [2.45, 2.75) is 30.6 Å². The first-order valence-corrected chi connectivity index (χ1v) is 10.7. The van der Waals surface area contributed by atoms with Crippen LogP contribution in [-0.4, -0.2) is 67.2 Å². The van der Waals surface area contributed by atoms with Crippen molar-refractivity contribution in [2.75, 3.05) is 45.5 Å². The van der Waals surface area contributed by atoms with Gasteiger partial charge in [0.05, 0.1) is 6.54 Å². The highest BCUT2D eigenvalue weighted by Gasteiger charge is 2.25. The number of likely N-dealkylation sites (tertiary alicyclic amines) is 2. The molecule has 1 amide bonds. The number of nitrogens with one attached hydrogen (secondary N) is 1. The second kappa shape index (κ2) is 11.8. The van der Waals surface area contributed by atoms with Crippen LogP contribution in [0.15, 0.2) is 40.2 Å². The molecule has 0 saturated carbocycles. The van der Waals surface area contributed by atoms with E-state index in [0.717, 1.165) is 50.7 Å². The Kier molecular flexibility index (Phi) is 9.75. The lowest BCUT2D eigenvalue weighted by Crippen LogP contribution is -2.47. The highest BCUT2D eigenvalue weighted by molar-refractivity contribution is 14.0. The minimum atomic E-state index is 0. The van der Waals surface area contributed by atoms with Crippen molar-refractivity contribution in [2.24, 2.45) is 10.9 Å². The Hall–Kier alpha value is -0.960. The van der Waals surface area contributed by atoms with E-state index in [1.54, 1.807) is 7.05 Å². The van der Waals surface area contributed by atoms with Gasteiger partial charge in [0.2, 0.25) is 5.91 Å². The predicted molar refractivity (Wildman–Crippen MR) is 124 cm³/mol. The Labute approximate surface area is 184 Å². The predicted octanol–water partition coefficient (Wildman–Crippen LogP) is 3.31. The number of piperidine rings is 1. The zero-order valence-corrected chi connectivity index (χ0v) is 19.2. The van der Waals surface area contributed by atoms with Gasteiger partial charge in [0.1, 0.15) is 0 Å². The fraction of sp³-hybridized carbons (Fsp3) is 0.600. The molecule has 150 valence electrons. The van der Waals surface area contributed by atoms with Crippen LogP contribution in [0.3, 0.4) is 0 Å². The molecular weight excluding hydrogens is 471 g/mol. The topological polar surface area (TPSA) is 47.9 Å². The van der Waals surface area contributed by atoms with E-state index in [-0.39, 0.29) is 29.9 Å². The average Bonchev–Trinajstić information content (AvgIpc) is 3.17. The number of carbonyl (C=O) groups is 1. The smallest absolute Gasteiger partial charge is 0.241 e. The van der Waals surface area contributed by atoms with Gasteiger partial charge in [-0.05, 0) is 43.7 Å². The summed E-state index contributed by atoms with van der Waals surface area (Å²) in [5.74, 6) is 2.85. The molecule has 1 aromatic carbocycles. The van der Waals surface area contributed by atoms with E-state index in [4.69, 9.17) is 0 Å². The van der Waals surface area contributed by atoms with Gasteiger partial charge >= 0.3 is 0 Å². The summed E-state index contributed by atoms with van der Waals surface area (Å²) >= 11 is 1.93. The first kappa shape index (κ1) is 22.3. The van der Waals surface area contributed by atoms with Crippen molar-refractivity contribution >= 4 is 47.6 Å². The maximum absolute atomic E-state index is 12.3. The molecule has 0 aromatic heterocycles. The van der Waals surface area contributed by atoms with Crippen molar-refractivity contribution in [1.82, 2.24) is 15.1 Å². The Morgan fingerprint density at radius 3 is 2.59 bits per heavy atom. The Balaban J connectivity index is 0.00000261. The molecule has 2 aliphatic rings. The third kappa shape index (κ3) is 6.85. The first-order chi connectivity index (χ1) is 12.8. The van der Waals surface area contributed by atoms with Crippen LogP contribution in [0, 0.1) is 5.92 Å². The molecule has 0 bridgehead atoms. The number of amides is 1. The lowest BCUT2D eigenvalue weighted by molar-refractivity contribution is -0.130. The van der Waals surface area contributed by atoms with E-state index in [0.29, 0.717) is 12.5 Å². The highest BCUT2D eigenvalue weighted by atomic mass is 127. The third-order valence-corrected chi connectivity index (χ3v) is 6.38. The van der Waals surface area contributed by atoms with E-state index < -0.39 is 0 Å². The van der Waals surface area contributed by atoms with Crippen LogP contribution in [0.5, 0.6) is 0 Å². The van der Waals surface area contributed by atoms with E-state index in [2.05, 4.69) is 45.5 Å². The lowest BCUT2D eigenvalue weighted by Gasteiger charge is -2.28. The Bertz CT molecular complexity index is 607. The number of guanidine groups is 1. The number of nitrogens with zero attached hydrogens (tertiary/aromatic N) is 3. The van der Waals surface area contributed by atoms with Crippen LogP contribution < -0.4 is 5.32 Å². The van der Waals surface area contributed by atoms with Crippen LogP contribution in [-0.2, 0) is 4.79 Å². The van der Waals surface area contributed by atoms with Crippen LogP contribution in [0.4, 0.5) is 0 Å². The monoisotopic (exact) mass is 502 g/mol. The summed E-state index contributed by atoms with van der Waals surface area (Å²) in [5, 5.41) is 3.28. The normalized spacial score (nSPS) is 20.3. The van der Waals surface area contributed by atoms with Gasteiger partial charge in [-0.25, -0.2) is 0 Å². The van der Waals surface area contributed by atoms with Gasteiger partial charge in [0.15, 0.2) is 5.96 Å². The zero-order chi connectivity index (χ0) is 18.2. The number of halogens is 1. The molecule has 0 aliphatic carbocycles. The maximum Gasteiger partial charge on any atom is 0.241 e. The minimum Gasteiger partial charge on any atom is -0.347 e. The fourth-order valence-electron chi connectivity index (χ4n) is 3.63. The van der Waals surface area contributed by atoms with Gasteiger partial charge in [0.25, 0.3) is 0 Å². The highest BCUT2D eigenvalue weighted by Crippen LogP contribution is 2.25. The second-order valence-electron chi connectivity index (χ2n) is 7.07. The molecule has 0 radical (unpaired) electrons. The van der Waals surface area contributed by atoms with E-state index in [1.165, 1.54) is 17.7 Å². The fourth-order valence-corrected chi connectivity index (χ4v) is 4.68. The summed E-state index contributed by atoms with van der Waals surface area (Å²) in [5.41, 5.74) is 0. The zero-order valence-electron chi connectivity index (χ0n) is 16.1. The molecule has 1 aromatic rings. The summed E-state index contributed by atoms with van der Waals surface area (Å²) in [6.07, 6.45) is 4.69. The van der Waals surface area contributed by atoms with Crippen molar-refractivity contribution in [3.8, 4) is 0 Å². The van der Waals surface area contributed by atoms with Crippen molar-refractivity contribution in [3.05, 3.63) is 30.3 Å². The molecule has 2 heterocycles. The number of benzene rings is 1. The molecule has 0 spiro atoms. The molecule has 2 fully saturated rings. The van der Waals surface area contributed by atoms with E-state index in [1.807, 2.05) is 16.7 Å². The number of rotatable bonds is 5. The minimum absolute atomic E-state index is 0. The van der Waals surface area contributed by atoms with Crippen molar-refractivity contribution in [3.63, 3.8) is 0 Å². The van der Waals surface area contributed by atoms with Crippen molar-refractivity contribution in [1.29, 1.82) is 0 Å². The molecule has 1 atom stereocenters.